The summed E-state index contributed by atoms with van der Waals surface area (Å²) >= 11 is 0. The lowest BCUT2D eigenvalue weighted by molar-refractivity contribution is 0.373. The van der Waals surface area contributed by atoms with Crippen molar-refractivity contribution in [2.75, 3.05) is 7.11 Å². The number of aromatic hydroxyl groups is 2. The summed E-state index contributed by atoms with van der Waals surface area (Å²) in [4.78, 5) is 19.0. The molecule has 0 fully saturated rings. The van der Waals surface area contributed by atoms with Crippen LogP contribution in [0.4, 0.5) is 4.39 Å². The quantitative estimate of drug-likeness (QED) is 0.420. The van der Waals surface area contributed by atoms with Crippen molar-refractivity contribution in [3.63, 3.8) is 0 Å². The Labute approximate surface area is 176 Å². The van der Waals surface area contributed by atoms with Gasteiger partial charge in [0.05, 0.1) is 19.2 Å². The van der Waals surface area contributed by atoms with Crippen LogP contribution < -0.4 is 10.3 Å². The number of hydrogen-bond acceptors (Lipinski definition) is 5. The average Bonchev–Trinajstić information content (AvgIpc) is 2.76. The predicted octanol–water partition coefficient (Wildman–Crippen LogP) is 4.37. The summed E-state index contributed by atoms with van der Waals surface area (Å²) in [6, 6.07) is 16.2. The van der Waals surface area contributed by atoms with Crippen LogP contribution in [-0.4, -0.2) is 28.5 Å². The van der Waals surface area contributed by atoms with Crippen molar-refractivity contribution in [1.82, 2.24) is 4.98 Å². The fraction of sp³-hybridized carbons (Fsp3) is 0.0833. The number of aromatic nitrogens is 1. The van der Waals surface area contributed by atoms with E-state index in [0.717, 1.165) is 5.56 Å². The number of nitrogens with one attached hydrogen (secondary N) is 1. The first-order chi connectivity index (χ1) is 15.0. The van der Waals surface area contributed by atoms with Crippen LogP contribution in [0.3, 0.4) is 0 Å². The maximum Gasteiger partial charge on any atom is 0.258 e. The minimum atomic E-state index is -0.435. The van der Waals surface area contributed by atoms with Crippen molar-refractivity contribution in [2.45, 2.75) is 6.54 Å². The van der Waals surface area contributed by atoms with E-state index in [9.17, 15) is 19.4 Å². The normalized spacial score (nSPS) is 11.3. The second-order valence-corrected chi connectivity index (χ2v) is 6.96. The lowest BCUT2D eigenvalue weighted by atomic mass is 9.99. The molecular weight excluding hydrogens is 399 g/mol. The Bertz CT molecular complexity index is 1360. The molecule has 0 aliphatic rings. The molecule has 4 aromatic rings. The fourth-order valence-electron chi connectivity index (χ4n) is 3.39. The number of pyridine rings is 1. The molecule has 4 rings (SSSR count). The number of ether oxygens (including phenoxy) is 1. The monoisotopic (exact) mass is 418 g/mol. The number of aliphatic imine (C=N–C) groups is 1. The second-order valence-electron chi connectivity index (χ2n) is 6.96. The number of phenols is 1. The summed E-state index contributed by atoms with van der Waals surface area (Å²) in [6.07, 6.45) is 1.46. The van der Waals surface area contributed by atoms with E-state index in [0.29, 0.717) is 33.2 Å². The minimum absolute atomic E-state index is 0.00673. The first kappa shape index (κ1) is 20.2. The Morgan fingerprint density at radius 1 is 1.03 bits per heavy atom. The van der Waals surface area contributed by atoms with Gasteiger partial charge < -0.3 is 14.9 Å². The standard InChI is InChI=1S/C24H19FN2O4/c1-31-22-8-5-14(9-21(22)28)12-26-13-20-19-11-16(15-3-2-4-17(25)10-15)6-7-18(19)23(29)27-24(20)30/h2-11,13,28H,12H2,1H3,(H2,27,29,30). The summed E-state index contributed by atoms with van der Waals surface area (Å²) < 4.78 is 18.7. The maximum atomic E-state index is 13.6. The van der Waals surface area contributed by atoms with E-state index in [1.54, 1.807) is 48.5 Å². The van der Waals surface area contributed by atoms with Gasteiger partial charge in [0.25, 0.3) is 5.56 Å². The van der Waals surface area contributed by atoms with E-state index in [1.165, 1.54) is 25.5 Å². The Morgan fingerprint density at radius 3 is 2.58 bits per heavy atom. The first-order valence-electron chi connectivity index (χ1n) is 9.47. The van der Waals surface area contributed by atoms with Gasteiger partial charge in [-0.1, -0.05) is 24.3 Å². The van der Waals surface area contributed by atoms with Gasteiger partial charge in [0.15, 0.2) is 11.5 Å². The highest BCUT2D eigenvalue weighted by Gasteiger charge is 2.11. The molecule has 0 saturated carbocycles. The highest BCUT2D eigenvalue weighted by molar-refractivity contribution is 6.02. The number of phenolic OH excluding ortho intramolecular Hbond substituents is 1. The Kier molecular flexibility index (Phi) is 5.41. The number of fused-ring (bicyclic) bond motifs is 1. The maximum absolute atomic E-state index is 13.6. The van der Waals surface area contributed by atoms with Crippen LogP contribution in [-0.2, 0) is 6.54 Å². The van der Waals surface area contributed by atoms with Gasteiger partial charge in [-0.25, -0.2) is 4.39 Å². The molecule has 1 aromatic heterocycles. The van der Waals surface area contributed by atoms with Gasteiger partial charge in [0.2, 0.25) is 5.88 Å². The highest BCUT2D eigenvalue weighted by atomic mass is 19.1. The van der Waals surface area contributed by atoms with Crippen LogP contribution in [0.25, 0.3) is 21.9 Å². The molecule has 0 unspecified atom stereocenters. The summed E-state index contributed by atoms with van der Waals surface area (Å²) in [5.74, 6) is -0.305. The van der Waals surface area contributed by atoms with Crippen molar-refractivity contribution in [2.24, 2.45) is 4.99 Å². The van der Waals surface area contributed by atoms with E-state index in [-0.39, 0.29) is 24.0 Å². The van der Waals surface area contributed by atoms with Crippen LogP contribution in [0.5, 0.6) is 17.4 Å². The number of H-pyrrole nitrogens is 1. The predicted molar refractivity (Wildman–Crippen MR) is 118 cm³/mol. The molecule has 7 heteroatoms. The molecule has 0 bridgehead atoms. The van der Waals surface area contributed by atoms with Crippen molar-refractivity contribution >= 4 is 17.0 Å². The number of hydrogen-bond donors (Lipinski definition) is 3. The number of methoxy groups -OCH3 is 1. The summed E-state index contributed by atoms with van der Waals surface area (Å²) in [7, 11) is 1.47. The van der Waals surface area contributed by atoms with Gasteiger partial charge >= 0.3 is 0 Å². The molecule has 0 aliphatic heterocycles. The van der Waals surface area contributed by atoms with Gasteiger partial charge in [-0.05, 0) is 53.1 Å². The van der Waals surface area contributed by atoms with Crippen LogP contribution in [0.2, 0.25) is 0 Å². The van der Waals surface area contributed by atoms with Crippen molar-refractivity contribution < 1.29 is 19.3 Å². The van der Waals surface area contributed by atoms with E-state index < -0.39 is 5.56 Å². The largest absolute Gasteiger partial charge is 0.504 e. The van der Waals surface area contributed by atoms with Crippen LogP contribution in [0, 0.1) is 5.82 Å². The number of halogens is 1. The third-order valence-electron chi connectivity index (χ3n) is 4.94. The van der Waals surface area contributed by atoms with E-state index in [2.05, 4.69) is 9.98 Å². The van der Waals surface area contributed by atoms with Crippen molar-refractivity contribution in [1.29, 1.82) is 0 Å². The number of benzene rings is 3. The molecule has 0 saturated heterocycles. The molecule has 3 N–H and O–H groups in total. The molecule has 31 heavy (non-hydrogen) atoms. The lowest BCUT2D eigenvalue weighted by Crippen LogP contribution is -2.08. The molecule has 3 aromatic carbocycles. The lowest BCUT2D eigenvalue weighted by Gasteiger charge is -2.08. The molecule has 0 amide bonds. The Balaban J connectivity index is 1.74. The van der Waals surface area contributed by atoms with Crippen LogP contribution in [0.1, 0.15) is 11.1 Å². The van der Waals surface area contributed by atoms with E-state index >= 15 is 0 Å². The molecule has 156 valence electrons. The molecule has 1 heterocycles. The second kappa shape index (κ2) is 8.31. The highest BCUT2D eigenvalue weighted by Crippen LogP contribution is 2.28. The molecule has 6 nitrogen and oxygen atoms in total. The van der Waals surface area contributed by atoms with Gasteiger partial charge in [-0.15, -0.1) is 0 Å². The first-order valence-corrected chi connectivity index (χ1v) is 9.47. The third kappa shape index (κ3) is 4.11. The Hall–Kier alpha value is -4.13. The molecular formula is C24H19FN2O4. The van der Waals surface area contributed by atoms with Gasteiger partial charge in [-0.3, -0.25) is 14.8 Å². The van der Waals surface area contributed by atoms with E-state index in [1.807, 2.05) is 0 Å². The third-order valence-corrected chi connectivity index (χ3v) is 4.94. The van der Waals surface area contributed by atoms with E-state index in [4.69, 9.17) is 4.74 Å². The van der Waals surface area contributed by atoms with Crippen LogP contribution >= 0.6 is 0 Å². The Morgan fingerprint density at radius 2 is 1.84 bits per heavy atom. The smallest absolute Gasteiger partial charge is 0.258 e. The zero-order chi connectivity index (χ0) is 22.0. The van der Waals surface area contributed by atoms with Gasteiger partial charge in [0.1, 0.15) is 5.82 Å². The summed E-state index contributed by atoms with van der Waals surface area (Å²) in [6.45, 7) is 0.237. The molecule has 0 aliphatic carbocycles. The molecule has 0 spiro atoms. The zero-order valence-electron chi connectivity index (χ0n) is 16.6. The fourth-order valence-corrected chi connectivity index (χ4v) is 3.39. The van der Waals surface area contributed by atoms with Crippen LogP contribution in [0.15, 0.2) is 70.5 Å². The zero-order valence-corrected chi connectivity index (χ0v) is 16.6. The number of nitrogens with zero attached hydrogens (tertiary/aromatic N) is 1. The van der Waals surface area contributed by atoms with Gasteiger partial charge in [-0.2, -0.15) is 0 Å². The minimum Gasteiger partial charge on any atom is -0.504 e. The number of rotatable bonds is 5. The molecule has 0 atom stereocenters. The van der Waals surface area contributed by atoms with Gasteiger partial charge in [0, 0.05) is 17.0 Å². The summed E-state index contributed by atoms with van der Waals surface area (Å²) in [5, 5.41) is 21.1. The number of aromatic amines is 1. The van der Waals surface area contributed by atoms with Crippen molar-refractivity contribution in [3.05, 3.63) is 88.0 Å². The summed E-state index contributed by atoms with van der Waals surface area (Å²) in [5.41, 5.74) is 1.99. The average molecular weight is 418 g/mol. The van der Waals surface area contributed by atoms with Crippen molar-refractivity contribution in [3.8, 4) is 28.5 Å². The topological polar surface area (TPSA) is 94.9 Å². The molecule has 0 radical (unpaired) electrons. The SMILES string of the molecule is COc1ccc(CN=Cc2c(O)[nH]c(=O)c3ccc(-c4cccc(F)c4)cc23)cc1O.